The summed E-state index contributed by atoms with van der Waals surface area (Å²) in [5, 5.41) is 0. The van der Waals surface area contributed by atoms with Gasteiger partial charge < -0.3 is 4.74 Å². The fourth-order valence-electron chi connectivity index (χ4n) is 1.66. The highest BCUT2D eigenvalue weighted by molar-refractivity contribution is 5.81. The minimum Gasteiger partial charge on any atom is -0.490 e. The molecule has 2 amide bonds. The summed E-state index contributed by atoms with van der Waals surface area (Å²) in [6.45, 7) is 6.21. The van der Waals surface area contributed by atoms with Crippen molar-refractivity contribution in [1.29, 1.82) is 0 Å². The summed E-state index contributed by atoms with van der Waals surface area (Å²) in [5.74, 6) is 0.212. The zero-order valence-electron chi connectivity index (χ0n) is 12.4. The lowest BCUT2D eigenvalue weighted by molar-refractivity contribution is -0.128. The van der Waals surface area contributed by atoms with Crippen molar-refractivity contribution in [2.45, 2.75) is 13.5 Å². The first-order chi connectivity index (χ1) is 10.0. The number of carbonyl (C=O) groups excluding carboxylic acids is 2. The Morgan fingerprint density at radius 1 is 1.29 bits per heavy atom. The van der Waals surface area contributed by atoms with E-state index in [1.807, 2.05) is 36.2 Å². The Kier molecular flexibility index (Phi) is 6.97. The van der Waals surface area contributed by atoms with Crippen LogP contribution in [-0.2, 0) is 16.1 Å². The predicted octanol–water partition coefficient (Wildman–Crippen LogP) is 0.850. The third-order valence-electron chi connectivity index (χ3n) is 2.54. The van der Waals surface area contributed by atoms with E-state index < -0.39 is 0 Å². The normalized spacial score (nSPS) is 10.0. The van der Waals surface area contributed by atoms with E-state index in [9.17, 15) is 9.59 Å². The molecule has 0 fully saturated rings. The zero-order valence-corrected chi connectivity index (χ0v) is 12.4. The molecule has 0 aliphatic rings. The molecule has 0 aromatic heterocycles. The molecule has 0 heterocycles. The van der Waals surface area contributed by atoms with Gasteiger partial charge in [0.2, 0.25) is 5.91 Å². The van der Waals surface area contributed by atoms with Gasteiger partial charge in [0.25, 0.3) is 5.91 Å². The Morgan fingerprint density at radius 3 is 2.52 bits per heavy atom. The molecule has 114 valence electrons. The molecule has 1 rings (SSSR count). The van der Waals surface area contributed by atoms with E-state index in [1.54, 1.807) is 6.08 Å². The van der Waals surface area contributed by atoms with Crippen molar-refractivity contribution in [2.24, 2.45) is 0 Å². The highest BCUT2D eigenvalue weighted by Gasteiger charge is 2.07. The van der Waals surface area contributed by atoms with Gasteiger partial charge in [0.15, 0.2) is 0 Å². The van der Waals surface area contributed by atoms with Crippen LogP contribution in [0.1, 0.15) is 12.5 Å². The van der Waals surface area contributed by atoms with Gasteiger partial charge in [0.1, 0.15) is 12.4 Å². The summed E-state index contributed by atoms with van der Waals surface area (Å²) in [7, 11) is 1.83. The molecule has 1 aromatic rings. The van der Waals surface area contributed by atoms with Gasteiger partial charge in [-0.2, -0.15) is 0 Å². The van der Waals surface area contributed by atoms with Crippen molar-refractivity contribution in [1.82, 2.24) is 15.8 Å². The quantitative estimate of drug-likeness (QED) is 0.577. The standard InChI is InChI=1S/C15H21N3O3/c1-4-9-21-14-7-5-13(6-8-14)10-18(3)11-15(20)17-16-12(2)19/h4-8H,1,9-11H2,2-3H3,(H,16,19)(H,17,20). The van der Waals surface area contributed by atoms with Crippen molar-refractivity contribution < 1.29 is 14.3 Å². The molecule has 2 N–H and O–H groups in total. The predicted molar refractivity (Wildman–Crippen MR) is 80.4 cm³/mol. The maximum Gasteiger partial charge on any atom is 0.252 e. The molecule has 21 heavy (non-hydrogen) atoms. The Balaban J connectivity index is 2.39. The van der Waals surface area contributed by atoms with Crippen LogP contribution in [0.3, 0.4) is 0 Å². The van der Waals surface area contributed by atoms with Gasteiger partial charge in [-0.05, 0) is 24.7 Å². The fraction of sp³-hybridized carbons (Fsp3) is 0.333. The maximum atomic E-state index is 11.5. The number of hydrogen-bond donors (Lipinski definition) is 2. The van der Waals surface area contributed by atoms with Crippen molar-refractivity contribution in [3.05, 3.63) is 42.5 Å². The molecule has 6 heteroatoms. The number of carbonyl (C=O) groups is 2. The summed E-state index contributed by atoms with van der Waals surface area (Å²) in [5.41, 5.74) is 5.64. The Bertz CT molecular complexity index is 485. The molecule has 0 bridgehead atoms. The van der Waals surface area contributed by atoms with Gasteiger partial charge in [0.05, 0.1) is 6.54 Å². The van der Waals surface area contributed by atoms with Crippen LogP contribution in [0, 0.1) is 0 Å². The van der Waals surface area contributed by atoms with E-state index in [1.165, 1.54) is 6.92 Å². The molecule has 0 spiro atoms. The van der Waals surface area contributed by atoms with E-state index in [4.69, 9.17) is 4.74 Å². The molecule has 0 aliphatic carbocycles. The van der Waals surface area contributed by atoms with Crippen LogP contribution in [0.15, 0.2) is 36.9 Å². The number of amides is 2. The van der Waals surface area contributed by atoms with Crippen LogP contribution >= 0.6 is 0 Å². The Labute approximate surface area is 124 Å². The second-order valence-corrected chi connectivity index (χ2v) is 4.65. The van der Waals surface area contributed by atoms with Gasteiger partial charge in [-0.1, -0.05) is 24.8 Å². The molecule has 1 aromatic carbocycles. The number of ether oxygens (including phenoxy) is 1. The van der Waals surface area contributed by atoms with Crippen molar-refractivity contribution in [2.75, 3.05) is 20.2 Å². The third-order valence-corrected chi connectivity index (χ3v) is 2.54. The molecule has 6 nitrogen and oxygen atoms in total. The molecule has 0 unspecified atom stereocenters. The smallest absolute Gasteiger partial charge is 0.252 e. The van der Waals surface area contributed by atoms with Crippen LogP contribution in [0.25, 0.3) is 0 Å². The first-order valence-electron chi connectivity index (χ1n) is 6.58. The van der Waals surface area contributed by atoms with E-state index in [-0.39, 0.29) is 18.4 Å². The van der Waals surface area contributed by atoms with Crippen molar-refractivity contribution in [3.63, 3.8) is 0 Å². The van der Waals surface area contributed by atoms with Crippen LogP contribution in [0.2, 0.25) is 0 Å². The summed E-state index contributed by atoms with van der Waals surface area (Å²) in [6, 6.07) is 7.65. The van der Waals surface area contributed by atoms with E-state index in [2.05, 4.69) is 17.4 Å². The molecule has 0 radical (unpaired) electrons. The maximum absolute atomic E-state index is 11.5. The molecule has 0 saturated carbocycles. The van der Waals surface area contributed by atoms with Crippen LogP contribution in [0.4, 0.5) is 0 Å². The molecular weight excluding hydrogens is 270 g/mol. The number of rotatable bonds is 7. The topological polar surface area (TPSA) is 70.7 Å². The van der Waals surface area contributed by atoms with Gasteiger partial charge >= 0.3 is 0 Å². The lowest BCUT2D eigenvalue weighted by atomic mass is 10.2. The first-order valence-corrected chi connectivity index (χ1v) is 6.58. The highest BCUT2D eigenvalue weighted by atomic mass is 16.5. The minimum absolute atomic E-state index is 0.189. The van der Waals surface area contributed by atoms with E-state index >= 15 is 0 Å². The average Bonchev–Trinajstić information content (AvgIpc) is 2.44. The second-order valence-electron chi connectivity index (χ2n) is 4.65. The number of hydrazine groups is 1. The number of nitrogens with one attached hydrogen (secondary N) is 2. The van der Waals surface area contributed by atoms with Gasteiger partial charge in [-0.15, -0.1) is 0 Å². The first kappa shape index (κ1) is 16.7. The third kappa shape index (κ3) is 7.12. The fourth-order valence-corrected chi connectivity index (χ4v) is 1.66. The lowest BCUT2D eigenvalue weighted by Crippen LogP contribution is -2.44. The van der Waals surface area contributed by atoms with Gasteiger partial charge in [-0.3, -0.25) is 25.3 Å². The molecule has 0 aliphatic heterocycles. The second kappa shape index (κ2) is 8.76. The van der Waals surface area contributed by atoms with Crippen LogP contribution in [0.5, 0.6) is 5.75 Å². The molecular formula is C15H21N3O3. The average molecular weight is 291 g/mol. The lowest BCUT2D eigenvalue weighted by Gasteiger charge is -2.16. The summed E-state index contributed by atoms with van der Waals surface area (Å²) in [6.07, 6.45) is 1.69. The number of hydrogen-bond acceptors (Lipinski definition) is 4. The highest BCUT2D eigenvalue weighted by Crippen LogP contribution is 2.13. The molecule has 0 saturated heterocycles. The van der Waals surface area contributed by atoms with Crippen molar-refractivity contribution in [3.8, 4) is 5.75 Å². The summed E-state index contributed by atoms with van der Waals surface area (Å²) < 4.78 is 5.40. The number of benzene rings is 1. The van der Waals surface area contributed by atoms with E-state index in [0.717, 1.165) is 11.3 Å². The van der Waals surface area contributed by atoms with Crippen LogP contribution < -0.4 is 15.6 Å². The Morgan fingerprint density at radius 2 is 1.95 bits per heavy atom. The van der Waals surface area contributed by atoms with Crippen LogP contribution in [-0.4, -0.2) is 36.9 Å². The summed E-state index contributed by atoms with van der Waals surface area (Å²) in [4.78, 5) is 24.0. The summed E-state index contributed by atoms with van der Waals surface area (Å²) >= 11 is 0. The number of nitrogens with zero attached hydrogens (tertiary/aromatic N) is 1. The monoisotopic (exact) mass is 291 g/mol. The molecule has 0 atom stereocenters. The largest absolute Gasteiger partial charge is 0.490 e. The zero-order chi connectivity index (χ0) is 15.7. The van der Waals surface area contributed by atoms with Gasteiger partial charge in [-0.25, -0.2) is 0 Å². The SMILES string of the molecule is C=CCOc1ccc(CN(C)CC(=O)NNC(C)=O)cc1. The Hall–Kier alpha value is -2.34. The van der Waals surface area contributed by atoms with Crippen molar-refractivity contribution >= 4 is 11.8 Å². The number of likely N-dealkylation sites (N-methyl/N-ethyl adjacent to an activating group) is 1. The van der Waals surface area contributed by atoms with E-state index in [0.29, 0.717) is 13.2 Å². The minimum atomic E-state index is -0.305. The van der Waals surface area contributed by atoms with Gasteiger partial charge in [0, 0.05) is 13.5 Å².